The van der Waals surface area contributed by atoms with Gasteiger partial charge < -0.3 is 11.1 Å². The maximum atomic E-state index is 5.99. The number of hydrogen-bond acceptors (Lipinski definition) is 3. The van der Waals surface area contributed by atoms with Crippen molar-refractivity contribution in [2.45, 2.75) is 13.3 Å². The van der Waals surface area contributed by atoms with E-state index in [1.165, 1.54) is 5.56 Å². The van der Waals surface area contributed by atoms with Gasteiger partial charge in [0, 0.05) is 0 Å². The van der Waals surface area contributed by atoms with Crippen LogP contribution in [-0.4, -0.2) is 18.9 Å². The summed E-state index contributed by atoms with van der Waals surface area (Å²) >= 11 is 1.61. The SMILES string of the molecule is CCNCCc1cccc(N=C(N)c2cccs2)c1. The van der Waals surface area contributed by atoms with E-state index in [9.17, 15) is 0 Å². The molecule has 0 saturated heterocycles. The van der Waals surface area contributed by atoms with Crippen molar-refractivity contribution in [2.75, 3.05) is 13.1 Å². The van der Waals surface area contributed by atoms with Crippen LogP contribution in [0.4, 0.5) is 5.69 Å². The molecule has 3 nitrogen and oxygen atoms in total. The Balaban J connectivity index is 2.08. The lowest BCUT2D eigenvalue weighted by molar-refractivity contribution is 0.717. The third kappa shape index (κ3) is 4.19. The van der Waals surface area contributed by atoms with E-state index in [0.717, 1.165) is 30.1 Å². The molecule has 0 aliphatic heterocycles. The largest absolute Gasteiger partial charge is 0.383 e. The Kier molecular flexibility index (Phi) is 5.12. The Bertz CT molecular complexity index is 532. The molecule has 1 aromatic carbocycles. The van der Waals surface area contributed by atoms with Gasteiger partial charge in [-0.15, -0.1) is 11.3 Å². The van der Waals surface area contributed by atoms with E-state index in [1.807, 2.05) is 29.6 Å². The number of likely N-dealkylation sites (N-methyl/N-ethyl adjacent to an activating group) is 1. The normalized spacial score (nSPS) is 11.7. The predicted molar refractivity (Wildman–Crippen MR) is 83.4 cm³/mol. The van der Waals surface area contributed by atoms with Crippen molar-refractivity contribution in [2.24, 2.45) is 10.7 Å². The van der Waals surface area contributed by atoms with E-state index < -0.39 is 0 Å². The maximum absolute atomic E-state index is 5.99. The number of nitrogens with two attached hydrogens (primary N) is 1. The fourth-order valence-corrected chi connectivity index (χ4v) is 2.44. The van der Waals surface area contributed by atoms with Gasteiger partial charge >= 0.3 is 0 Å². The standard InChI is InChI=1S/C15H19N3S/c1-2-17-9-8-12-5-3-6-13(11-12)18-15(16)14-7-4-10-19-14/h3-7,10-11,17H,2,8-9H2,1H3,(H2,16,18). The quantitative estimate of drug-likeness (QED) is 0.483. The number of benzene rings is 1. The molecule has 0 aliphatic rings. The van der Waals surface area contributed by atoms with Gasteiger partial charge in [-0.2, -0.15) is 0 Å². The minimum atomic E-state index is 0.582. The molecule has 0 amide bonds. The molecule has 2 rings (SSSR count). The zero-order valence-electron chi connectivity index (χ0n) is 11.1. The number of hydrogen-bond donors (Lipinski definition) is 2. The summed E-state index contributed by atoms with van der Waals surface area (Å²) in [5.74, 6) is 0.582. The summed E-state index contributed by atoms with van der Waals surface area (Å²) in [4.78, 5) is 5.49. The zero-order chi connectivity index (χ0) is 13.5. The van der Waals surface area contributed by atoms with Gasteiger partial charge in [-0.3, -0.25) is 0 Å². The molecule has 0 radical (unpaired) electrons. The number of rotatable bonds is 6. The number of thiophene rings is 1. The molecular weight excluding hydrogens is 254 g/mol. The Labute approximate surface area is 118 Å². The van der Waals surface area contributed by atoms with Crippen LogP contribution in [0.5, 0.6) is 0 Å². The average Bonchev–Trinajstić information content (AvgIpc) is 2.93. The molecule has 1 heterocycles. The van der Waals surface area contributed by atoms with Gasteiger partial charge in [0.05, 0.1) is 10.6 Å². The fourth-order valence-electron chi connectivity index (χ4n) is 1.81. The van der Waals surface area contributed by atoms with E-state index >= 15 is 0 Å². The molecule has 2 aromatic rings. The first-order chi connectivity index (χ1) is 9.29. The maximum Gasteiger partial charge on any atom is 0.141 e. The minimum Gasteiger partial charge on any atom is -0.383 e. The highest BCUT2D eigenvalue weighted by Gasteiger charge is 2.00. The first-order valence-electron chi connectivity index (χ1n) is 6.47. The molecule has 19 heavy (non-hydrogen) atoms. The highest BCUT2D eigenvalue weighted by Crippen LogP contribution is 2.17. The first-order valence-corrected chi connectivity index (χ1v) is 7.35. The molecule has 0 aliphatic carbocycles. The van der Waals surface area contributed by atoms with Crippen molar-refractivity contribution in [3.8, 4) is 0 Å². The Morgan fingerprint density at radius 3 is 2.95 bits per heavy atom. The topological polar surface area (TPSA) is 50.4 Å². The molecular formula is C15H19N3S. The lowest BCUT2D eigenvalue weighted by Gasteiger charge is -2.04. The predicted octanol–water partition coefficient (Wildman–Crippen LogP) is 2.94. The van der Waals surface area contributed by atoms with Crippen molar-refractivity contribution in [1.82, 2.24) is 5.32 Å². The molecule has 0 fully saturated rings. The molecule has 0 bridgehead atoms. The minimum absolute atomic E-state index is 0.582. The molecule has 0 spiro atoms. The number of nitrogens with one attached hydrogen (secondary N) is 1. The second-order valence-electron chi connectivity index (χ2n) is 4.25. The van der Waals surface area contributed by atoms with Gasteiger partial charge in [-0.05, 0) is 48.7 Å². The zero-order valence-corrected chi connectivity index (χ0v) is 11.9. The summed E-state index contributed by atoms with van der Waals surface area (Å²) in [5, 5.41) is 5.33. The second kappa shape index (κ2) is 7.07. The molecule has 100 valence electrons. The van der Waals surface area contributed by atoms with Gasteiger partial charge in [0.25, 0.3) is 0 Å². The molecule has 0 unspecified atom stereocenters. The van der Waals surface area contributed by atoms with Crippen molar-refractivity contribution in [3.63, 3.8) is 0 Å². The van der Waals surface area contributed by atoms with Crippen molar-refractivity contribution in [3.05, 3.63) is 52.2 Å². The summed E-state index contributed by atoms with van der Waals surface area (Å²) in [5.41, 5.74) is 8.19. The van der Waals surface area contributed by atoms with Gasteiger partial charge in [0.15, 0.2) is 0 Å². The summed E-state index contributed by atoms with van der Waals surface area (Å²) in [6.45, 7) is 4.11. The van der Waals surface area contributed by atoms with Crippen LogP contribution in [0.25, 0.3) is 0 Å². The molecule has 0 saturated carbocycles. The van der Waals surface area contributed by atoms with Crippen LogP contribution < -0.4 is 11.1 Å². The lowest BCUT2D eigenvalue weighted by Crippen LogP contribution is -2.15. The lowest BCUT2D eigenvalue weighted by atomic mass is 10.1. The van der Waals surface area contributed by atoms with Gasteiger partial charge in [0.2, 0.25) is 0 Å². The first kappa shape index (κ1) is 13.8. The van der Waals surface area contributed by atoms with Gasteiger partial charge in [-0.25, -0.2) is 4.99 Å². The number of nitrogens with zero attached hydrogens (tertiary/aromatic N) is 1. The monoisotopic (exact) mass is 273 g/mol. The van der Waals surface area contributed by atoms with Crippen LogP contribution in [-0.2, 0) is 6.42 Å². The Hall–Kier alpha value is -1.65. The summed E-state index contributed by atoms with van der Waals surface area (Å²) in [6, 6.07) is 12.2. The molecule has 3 N–H and O–H groups in total. The average molecular weight is 273 g/mol. The molecule has 4 heteroatoms. The van der Waals surface area contributed by atoms with Crippen LogP contribution in [0.1, 0.15) is 17.4 Å². The fraction of sp³-hybridized carbons (Fsp3) is 0.267. The van der Waals surface area contributed by atoms with Crippen LogP contribution in [0, 0.1) is 0 Å². The van der Waals surface area contributed by atoms with Crippen molar-refractivity contribution < 1.29 is 0 Å². The molecule has 1 aromatic heterocycles. The number of amidine groups is 1. The summed E-state index contributed by atoms with van der Waals surface area (Å²) < 4.78 is 0. The van der Waals surface area contributed by atoms with E-state index in [0.29, 0.717) is 5.84 Å². The number of aliphatic imine (C=N–C) groups is 1. The second-order valence-corrected chi connectivity index (χ2v) is 5.20. The van der Waals surface area contributed by atoms with E-state index in [2.05, 4.69) is 29.4 Å². The van der Waals surface area contributed by atoms with E-state index in [4.69, 9.17) is 5.73 Å². The van der Waals surface area contributed by atoms with Gasteiger partial charge in [-0.1, -0.05) is 25.1 Å². The third-order valence-electron chi connectivity index (χ3n) is 2.77. The van der Waals surface area contributed by atoms with Crippen LogP contribution in [0.15, 0.2) is 46.8 Å². The highest BCUT2D eigenvalue weighted by molar-refractivity contribution is 7.12. The summed E-state index contributed by atoms with van der Waals surface area (Å²) in [6.07, 6.45) is 1.01. The summed E-state index contributed by atoms with van der Waals surface area (Å²) in [7, 11) is 0. The Morgan fingerprint density at radius 1 is 1.32 bits per heavy atom. The van der Waals surface area contributed by atoms with Crippen LogP contribution in [0.2, 0.25) is 0 Å². The van der Waals surface area contributed by atoms with Crippen molar-refractivity contribution >= 4 is 22.9 Å². The van der Waals surface area contributed by atoms with Crippen LogP contribution >= 0.6 is 11.3 Å². The highest BCUT2D eigenvalue weighted by atomic mass is 32.1. The smallest absolute Gasteiger partial charge is 0.141 e. The third-order valence-corrected chi connectivity index (χ3v) is 3.67. The van der Waals surface area contributed by atoms with Crippen LogP contribution in [0.3, 0.4) is 0 Å². The Morgan fingerprint density at radius 2 is 2.21 bits per heavy atom. The molecule has 0 atom stereocenters. The van der Waals surface area contributed by atoms with E-state index in [-0.39, 0.29) is 0 Å². The van der Waals surface area contributed by atoms with E-state index in [1.54, 1.807) is 11.3 Å². The van der Waals surface area contributed by atoms with Gasteiger partial charge in [0.1, 0.15) is 5.84 Å². The van der Waals surface area contributed by atoms with Crippen molar-refractivity contribution in [1.29, 1.82) is 0 Å².